The number of methoxy groups -OCH3 is 1. The van der Waals surface area contributed by atoms with Gasteiger partial charge in [-0.1, -0.05) is 37.2 Å². The lowest BCUT2D eigenvalue weighted by atomic mass is 9.98. The number of carbonyl (C=O) groups excluding carboxylic acids is 1. The molecule has 1 aromatic heterocycles. The van der Waals surface area contributed by atoms with E-state index in [1.54, 1.807) is 13.2 Å². The van der Waals surface area contributed by atoms with Crippen LogP contribution in [0.4, 0.5) is 0 Å². The Bertz CT molecular complexity index is 772. The standard InChI is InChI=1S/C19H25N3O5/c1-12(2)18-21-17(27-22-18)9-8-16(23)20-11-14(19(24)25)10-13-6-4-5-7-15(13)26-3/h4-7,12,14H,8-11H2,1-3H3,(H,20,23)(H,24,25). The van der Waals surface area contributed by atoms with E-state index in [1.165, 1.54) is 0 Å². The minimum absolute atomic E-state index is 0.0350. The minimum atomic E-state index is -0.973. The Hall–Kier alpha value is -2.90. The third kappa shape index (κ3) is 6.09. The van der Waals surface area contributed by atoms with Crippen molar-refractivity contribution >= 4 is 11.9 Å². The van der Waals surface area contributed by atoms with Crippen molar-refractivity contribution in [1.29, 1.82) is 0 Å². The summed E-state index contributed by atoms with van der Waals surface area (Å²) in [5.41, 5.74) is 0.786. The number of ether oxygens (including phenoxy) is 1. The smallest absolute Gasteiger partial charge is 0.308 e. The van der Waals surface area contributed by atoms with Crippen molar-refractivity contribution in [1.82, 2.24) is 15.5 Å². The predicted octanol–water partition coefficient (Wildman–Crippen LogP) is 2.19. The van der Waals surface area contributed by atoms with E-state index in [1.807, 2.05) is 32.0 Å². The quantitative estimate of drug-likeness (QED) is 0.654. The first kappa shape index (κ1) is 20.4. The van der Waals surface area contributed by atoms with Crippen LogP contribution < -0.4 is 10.1 Å². The third-order valence-electron chi connectivity index (χ3n) is 4.12. The zero-order valence-electron chi connectivity index (χ0n) is 15.8. The Morgan fingerprint density at radius 1 is 1.30 bits per heavy atom. The highest BCUT2D eigenvalue weighted by Gasteiger charge is 2.21. The van der Waals surface area contributed by atoms with Gasteiger partial charge in [-0.15, -0.1) is 0 Å². The van der Waals surface area contributed by atoms with Crippen LogP contribution in [0.15, 0.2) is 28.8 Å². The molecule has 1 amide bonds. The monoisotopic (exact) mass is 375 g/mol. The van der Waals surface area contributed by atoms with Gasteiger partial charge in [0.15, 0.2) is 5.82 Å². The lowest BCUT2D eigenvalue weighted by molar-refractivity contribution is -0.141. The average molecular weight is 375 g/mol. The molecular formula is C19H25N3O5. The van der Waals surface area contributed by atoms with Crippen molar-refractivity contribution in [3.05, 3.63) is 41.5 Å². The second kappa shape index (κ2) is 9.70. The summed E-state index contributed by atoms with van der Waals surface area (Å²) >= 11 is 0. The van der Waals surface area contributed by atoms with E-state index in [-0.39, 0.29) is 31.2 Å². The summed E-state index contributed by atoms with van der Waals surface area (Å²) in [4.78, 5) is 27.8. The molecule has 0 aliphatic heterocycles. The Balaban J connectivity index is 1.85. The van der Waals surface area contributed by atoms with Crippen LogP contribution in [0, 0.1) is 5.92 Å². The number of aromatic nitrogens is 2. The number of nitrogens with one attached hydrogen (secondary N) is 1. The van der Waals surface area contributed by atoms with Crippen LogP contribution in [-0.4, -0.2) is 40.8 Å². The Labute approximate surface area is 157 Å². The van der Waals surface area contributed by atoms with Gasteiger partial charge in [0.25, 0.3) is 0 Å². The molecule has 27 heavy (non-hydrogen) atoms. The third-order valence-corrected chi connectivity index (χ3v) is 4.12. The molecule has 0 bridgehead atoms. The van der Waals surface area contributed by atoms with Crippen molar-refractivity contribution < 1.29 is 24.0 Å². The first-order chi connectivity index (χ1) is 12.9. The van der Waals surface area contributed by atoms with Gasteiger partial charge >= 0.3 is 5.97 Å². The molecule has 0 radical (unpaired) electrons. The fourth-order valence-electron chi connectivity index (χ4n) is 2.53. The molecule has 0 fully saturated rings. The van der Waals surface area contributed by atoms with Crippen LogP contribution in [0.25, 0.3) is 0 Å². The summed E-state index contributed by atoms with van der Waals surface area (Å²) in [6, 6.07) is 7.24. The first-order valence-electron chi connectivity index (χ1n) is 8.84. The fraction of sp³-hybridized carbons (Fsp3) is 0.474. The van der Waals surface area contributed by atoms with Crippen molar-refractivity contribution in [2.24, 2.45) is 5.92 Å². The largest absolute Gasteiger partial charge is 0.496 e. The van der Waals surface area contributed by atoms with E-state index in [4.69, 9.17) is 9.26 Å². The molecule has 0 saturated heterocycles. The maximum atomic E-state index is 12.0. The van der Waals surface area contributed by atoms with Crippen LogP contribution in [0.2, 0.25) is 0 Å². The predicted molar refractivity (Wildman–Crippen MR) is 97.5 cm³/mol. The number of aliphatic carboxylic acids is 1. The van der Waals surface area contributed by atoms with Crippen molar-refractivity contribution in [2.75, 3.05) is 13.7 Å². The summed E-state index contributed by atoms with van der Waals surface area (Å²) < 4.78 is 10.3. The maximum Gasteiger partial charge on any atom is 0.308 e. The van der Waals surface area contributed by atoms with Gasteiger partial charge in [0.2, 0.25) is 11.8 Å². The molecule has 1 aromatic carbocycles. The highest BCUT2D eigenvalue weighted by molar-refractivity contribution is 5.77. The van der Waals surface area contributed by atoms with Gasteiger partial charge in [-0.2, -0.15) is 4.98 Å². The number of nitrogens with zero attached hydrogens (tertiary/aromatic N) is 2. The van der Waals surface area contributed by atoms with Gasteiger partial charge < -0.3 is 19.7 Å². The van der Waals surface area contributed by atoms with Gasteiger partial charge in [0.05, 0.1) is 13.0 Å². The van der Waals surface area contributed by atoms with Crippen LogP contribution in [-0.2, 0) is 22.4 Å². The molecule has 0 spiro atoms. The van der Waals surface area contributed by atoms with Crippen molar-refractivity contribution in [3.8, 4) is 5.75 Å². The number of carboxylic acids is 1. The Morgan fingerprint density at radius 2 is 2.04 bits per heavy atom. The highest BCUT2D eigenvalue weighted by atomic mass is 16.5. The number of para-hydroxylation sites is 1. The van der Waals surface area contributed by atoms with Gasteiger partial charge in [0.1, 0.15) is 5.75 Å². The topological polar surface area (TPSA) is 115 Å². The molecular weight excluding hydrogens is 350 g/mol. The van der Waals surface area contributed by atoms with Crippen molar-refractivity contribution in [3.63, 3.8) is 0 Å². The molecule has 1 heterocycles. The van der Waals surface area contributed by atoms with E-state index < -0.39 is 11.9 Å². The van der Waals surface area contributed by atoms with E-state index in [2.05, 4.69) is 15.5 Å². The molecule has 2 aromatic rings. The molecule has 0 aliphatic rings. The number of carbonyl (C=O) groups is 2. The van der Waals surface area contributed by atoms with Gasteiger partial charge in [0, 0.05) is 25.3 Å². The van der Waals surface area contributed by atoms with Crippen LogP contribution in [0.5, 0.6) is 5.75 Å². The molecule has 8 heteroatoms. The van der Waals surface area contributed by atoms with Gasteiger partial charge in [-0.05, 0) is 18.1 Å². The highest BCUT2D eigenvalue weighted by Crippen LogP contribution is 2.21. The maximum absolute atomic E-state index is 12.0. The molecule has 0 saturated carbocycles. The number of benzene rings is 1. The number of aryl methyl sites for hydroxylation is 1. The van der Waals surface area contributed by atoms with Crippen LogP contribution in [0.3, 0.4) is 0 Å². The van der Waals surface area contributed by atoms with Crippen LogP contribution in [0.1, 0.15) is 43.5 Å². The molecule has 8 nitrogen and oxygen atoms in total. The number of amides is 1. The summed E-state index contributed by atoms with van der Waals surface area (Å²) in [5, 5.41) is 16.0. The van der Waals surface area contributed by atoms with E-state index in [0.29, 0.717) is 23.9 Å². The van der Waals surface area contributed by atoms with Gasteiger partial charge in [-0.3, -0.25) is 9.59 Å². The van der Waals surface area contributed by atoms with Crippen molar-refractivity contribution in [2.45, 2.75) is 39.0 Å². The second-order valence-electron chi connectivity index (χ2n) is 6.56. The average Bonchev–Trinajstić information content (AvgIpc) is 3.13. The minimum Gasteiger partial charge on any atom is -0.496 e. The second-order valence-corrected chi connectivity index (χ2v) is 6.56. The summed E-state index contributed by atoms with van der Waals surface area (Å²) in [7, 11) is 1.54. The molecule has 0 aliphatic carbocycles. The van der Waals surface area contributed by atoms with E-state index >= 15 is 0 Å². The van der Waals surface area contributed by atoms with Crippen LogP contribution >= 0.6 is 0 Å². The summed E-state index contributed by atoms with van der Waals surface area (Å²) in [6.45, 7) is 3.94. The zero-order chi connectivity index (χ0) is 19.8. The lowest BCUT2D eigenvalue weighted by Gasteiger charge is -2.15. The molecule has 2 rings (SSSR count). The fourth-order valence-corrected chi connectivity index (χ4v) is 2.53. The lowest BCUT2D eigenvalue weighted by Crippen LogP contribution is -2.34. The summed E-state index contributed by atoms with van der Waals surface area (Å²) in [6.07, 6.45) is 0.734. The van der Waals surface area contributed by atoms with E-state index in [0.717, 1.165) is 5.56 Å². The summed E-state index contributed by atoms with van der Waals surface area (Å²) in [5.74, 6) is -0.188. The molecule has 1 atom stereocenters. The molecule has 2 N–H and O–H groups in total. The number of hydrogen-bond donors (Lipinski definition) is 2. The zero-order valence-corrected chi connectivity index (χ0v) is 15.8. The molecule has 1 unspecified atom stereocenters. The Kier molecular flexibility index (Phi) is 7.34. The SMILES string of the molecule is COc1ccccc1CC(CNC(=O)CCc1nc(C(C)C)no1)C(=O)O. The van der Waals surface area contributed by atoms with E-state index in [9.17, 15) is 14.7 Å². The molecule has 146 valence electrons. The number of hydrogen-bond acceptors (Lipinski definition) is 6. The number of rotatable bonds is 10. The first-order valence-corrected chi connectivity index (χ1v) is 8.84. The number of carboxylic acid groups (broad SMARTS) is 1. The Morgan fingerprint density at radius 3 is 2.67 bits per heavy atom. The normalized spacial score (nSPS) is 12.0. The van der Waals surface area contributed by atoms with Gasteiger partial charge in [-0.25, -0.2) is 0 Å².